The molecule has 2 nitrogen and oxygen atoms in total. The number of hydrogen-bond acceptors (Lipinski definition) is 2. The van der Waals surface area contributed by atoms with Gasteiger partial charge in [0.2, 0.25) is 0 Å². The van der Waals surface area contributed by atoms with E-state index in [0.29, 0.717) is 18.5 Å². The first-order valence-electron chi connectivity index (χ1n) is 6.23. The molecule has 102 valence electrons. The summed E-state index contributed by atoms with van der Waals surface area (Å²) in [5.41, 5.74) is 6.60. The fourth-order valence-corrected chi connectivity index (χ4v) is 1.98. The molecule has 1 atom stereocenters. The number of rotatable bonds is 5. The Bertz CT molecular complexity index is 405. The number of phenolic OH excluding ortho intramolecular Hbond substituents is 1. The molecule has 3 N–H and O–H groups in total. The molecule has 0 aromatic heterocycles. The second-order valence-electron chi connectivity index (χ2n) is 4.98. The molecule has 0 radical (unpaired) electrons. The second kappa shape index (κ2) is 6.14. The molecule has 0 aliphatic rings. The van der Waals surface area contributed by atoms with Crippen LogP contribution in [0.2, 0.25) is 0 Å². The molecule has 0 saturated carbocycles. The number of phenols is 1. The summed E-state index contributed by atoms with van der Waals surface area (Å²) in [6, 6.07) is 3.20. The predicted octanol–water partition coefficient (Wildman–Crippen LogP) is 3.91. The van der Waals surface area contributed by atoms with Crippen molar-refractivity contribution < 1.29 is 13.9 Å². The van der Waals surface area contributed by atoms with E-state index in [1.54, 1.807) is 0 Å². The van der Waals surface area contributed by atoms with Crippen LogP contribution in [0.3, 0.4) is 0 Å². The van der Waals surface area contributed by atoms with Gasteiger partial charge in [-0.15, -0.1) is 0 Å². The summed E-state index contributed by atoms with van der Waals surface area (Å²) in [6.45, 7) is 6.25. The van der Waals surface area contributed by atoms with Gasteiger partial charge in [0.15, 0.2) is 0 Å². The first-order chi connectivity index (χ1) is 8.38. The van der Waals surface area contributed by atoms with Crippen molar-refractivity contribution >= 4 is 0 Å². The van der Waals surface area contributed by atoms with Crippen molar-refractivity contribution in [2.45, 2.75) is 45.5 Å². The van der Waals surface area contributed by atoms with Crippen molar-refractivity contribution in [2.24, 2.45) is 5.73 Å². The number of aromatic hydroxyl groups is 1. The molecule has 1 aromatic carbocycles. The molecular weight excluding hydrogens is 236 g/mol. The van der Waals surface area contributed by atoms with E-state index in [1.165, 1.54) is 6.07 Å². The molecule has 0 fully saturated rings. The van der Waals surface area contributed by atoms with Crippen molar-refractivity contribution in [1.82, 2.24) is 0 Å². The lowest BCUT2D eigenvalue weighted by Gasteiger charge is -2.18. The topological polar surface area (TPSA) is 46.2 Å². The number of alkyl halides is 2. The molecule has 4 heteroatoms. The summed E-state index contributed by atoms with van der Waals surface area (Å²) in [4.78, 5) is 0. The molecule has 1 rings (SSSR count). The highest BCUT2D eigenvalue weighted by Crippen LogP contribution is 2.38. The Morgan fingerprint density at radius 3 is 2.17 bits per heavy atom. The van der Waals surface area contributed by atoms with Gasteiger partial charge in [0.25, 0.3) is 6.43 Å². The van der Waals surface area contributed by atoms with E-state index in [0.717, 1.165) is 5.56 Å². The van der Waals surface area contributed by atoms with Crippen LogP contribution in [0.1, 0.15) is 62.1 Å². The highest BCUT2D eigenvalue weighted by molar-refractivity contribution is 5.47. The molecule has 0 saturated heterocycles. The maximum atomic E-state index is 12.9. The minimum absolute atomic E-state index is 0.0220. The average Bonchev–Trinajstić information content (AvgIpc) is 2.28. The van der Waals surface area contributed by atoms with Gasteiger partial charge < -0.3 is 10.8 Å². The second-order valence-corrected chi connectivity index (χ2v) is 4.98. The Kier molecular flexibility index (Phi) is 5.08. The third-order valence-corrected chi connectivity index (χ3v) is 3.22. The Morgan fingerprint density at radius 2 is 1.72 bits per heavy atom. The van der Waals surface area contributed by atoms with Crippen LogP contribution in [0, 0.1) is 0 Å². The molecular formula is C14H21F2NO. The third-order valence-electron chi connectivity index (χ3n) is 3.22. The fourth-order valence-electron chi connectivity index (χ4n) is 1.98. The minimum Gasteiger partial charge on any atom is -0.507 e. The van der Waals surface area contributed by atoms with Gasteiger partial charge in [0.1, 0.15) is 5.75 Å². The summed E-state index contributed by atoms with van der Waals surface area (Å²) in [5, 5.41) is 9.94. The van der Waals surface area contributed by atoms with Crippen LogP contribution in [0.25, 0.3) is 0 Å². The van der Waals surface area contributed by atoms with Gasteiger partial charge in [-0.25, -0.2) is 8.78 Å². The molecule has 1 unspecified atom stereocenters. The molecule has 0 aliphatic carbocycles. The summed E-state index contributed by atoms with van der Waals surface area (Å²) in [6.07, 6.45) is -2.00. The van der Waals surface area contributed by atoms with Crippen LogP contribution in [-0.2, 0) is 0 Å². The van der Waals surface area contributed by atoms with Crippen molar-refractivity contribution in [3.05, 3.63) is 28.8 Å². The van der Waals surface area contributed by atoms with E-state index < -0.39 is 6.43 Å². The lowest BCUT2D eigenvalue weighted by molar-refractivity contribution is 0.147. The fraction of sp³-hybridized carbons (Fsp3) is 0.571. The van der Waals surface area contributed by atoms with Crippen LogP contribution in [-0.4, -0.2) is 11.7 Å². The third kappa shape index (κ3) is 3.19. The van der Waals surface area contributed by atoms with Crippen LogP contribution >= 0.6 is 0 Å². The van der Waals surface area contributed by atoms with Gasteiger partial charge in [-0.2, -0.15) is 0 Å². The molecule has 0 spiro atoms. The molecule has 1 aromatic rings. The molecule has 18 heavy (non-hydrogen) atoms. The number of halogens is 2. The Labute approximate surface area is 107 Å². The van der Waals surface area contributed by atoms with Crippen LogP contribution in [0.5, 0.6) is 5.75 Å². The highest BCUT2D eigenvalue weighted by Gasteiger charge is 2.21. The maximum Gasteiger partial charge on any atom is 0.267 e. The SMILES string of the molecule is CC(C)c1cc(C(F)F)c(O)c(C(C)CCN)c1. The van der Waals surface area contributed by atoms with Gasteiger partial charge in [0.05, 0.1) is 5.56 Å². The Balaban J connectivity index is 3.31. The van der Waals surface area contributed by atoms with E-state index in [2.05, 4.69) is 0 Å². The van der Waals surface area contributed by atoms with Crippen molar-refractivity contribution in [1.29, 1.82) is 0 Å². The normalized spacial score (nSPS) is 13.3. The first kappa shape index (κ1) is 14.9. The number of benzene rings is 1. The Hall–Kier alpha value is -1.16. The molecule has 0 bridgehead atoms. The van der Waals surface area contributed by atoms with Crippen molar-refractivity contribution in [3.63, 3.8) is 0 Å². The first-order valence-corrected chi connectivity index (χ1v) is 6.23. The zero-order valence-corrected chi connectivity index (χ0v) is 11.1. The van der Waals surface area contributed by atoms with Crippen LogP contribution in [0.15, 0.2) is 12.1 Å². The molecule has 0 aliphatic heterocycles. The predicted molar refractivity (Wildman–Crippen MR) is 69.2 cm³/mol. The van der Waals surface area contributed by atoms with Gasteiger partial charge in [-0.05, 0) is 42.0 Å². The smallest absolute Gasteiger partial charge is 0.267 e. The van der Waals surface area contributed by atoms with E-state index in [4.69, 9.17) is 5.73 Å². The van der Waals surface area contributed by atoms with E-state index >= 15 is 0 Å². The maximum absolute atomic E-state index is 12.9. The van der Waals surface area contributed by atoms with E-state index in [-0.39, 0.29) is 23.1 Å². The average molecular weight is 257 g/mol. The zero-order valence-electron chi connectivity index (χ0n) is 11.1. The zero-order chi connectivity index (χ0) is 13.9. The van der Waals surface area contributed by atoms with Gasteiger partial charge >= 0.3 is 0 Å². The molecule has 0 heterocycles. The van der Waals surface area contributed by atoms with Gasteiger partial charge in [-0.3, -0.25) is 0 Å². The summed E-state index contributed by atoms with van der Waals surface area (Å²) >= 11 is 0. The standard InChI is InChI=1S/C14H21F2NO/c1-8(2)10-6-11(9(3)4-5-17)13(18)12(7-10)14(15)16/h6-9,14,18H,4-5,17H2,1-3H3. The molecule has 0 amide bonds. The number of hydrogen-bond donors (Lipinski definition) is 2. The summed E-state index contributed by atoms with van der Waals surface area (Å²) in [5.74, 6) is -0.159. The Morgan fingerprint density at radius 1 is 1.17 bits per heavy atom. The lowest BCUT2D eigenvalue weighted by atomic mass is 9.90. The van der Waals surface area contributed by atoms with Crippen molar-refractivity contribution in [2.75, 3.05) is 6.54 Å². The van der Waals surface area contributed by atoms with Crippen molar-refractivity contribution in [3.8, 4) is 5.75 Å². The van der Waals surface area contributed by atoms with Crippen LogP contribution < -0.4 is 5.73 Å². The quantitative estimate of drug-likeness (QED) is 0.840. The summed E-state index contributed by atoms with van der Waals surface area (Å²) < 4.78 is 25.8. The van der Waals surface area contributed by atoms with Gasteiger partial charge in [0, 0.05) is 0 Å². The van der Waals surface area contributed by atoms with E-state index in [1.807, 2.05) is 26.8 Å². The largest absolute Gasteiger partial charge is 0.507 e. The minimum atomic E-state index is -2.66. The summed E-state index contributed by atoms with van der Waals surface area (Å²) in [7, 11) is 0. The lowest BCUT2D eigenvalue weighted by Crippen LogP contribution is -2.06. The highest BCUT2D eigenvalue weighted by atomic mass is 19.3. The van der Waals surface area contributed by atoms with E-state index in [9.17, 15) is 13.9 Å². The monoisotopic (exact) mass is 257 g/mol. The van der Waals surface area contributed by atoms with Gasteiger partial charge in [-0.1, -0.05) is 26.8 Å². The van der Waals surface area contributed by atoms with Crippen LogP contribution in [0.4, 0.5) is 8.78 Å². The number of nitrogens with two attached hydrogens (primary N) is 1.